The van der Waals surface area contributed by atoms with Crippen molar-refractivity contribution >= 4 is 29.2 Å². The Morgan fingerprint density at radius 3 is 2.65 bits per heavy atom. The zero-order chi connectivity index (χ0) is 24.2. The lowest BCUT2D eigenvalue weighted by Crippen LogP contribution is -2.45. The molecule has 2 atom stereocenters. The average Bonchev–Trinajstić information content (AvgIpc) is 2.83. The summed E-state index contributed by atoms with van der Waals surface area (Å²) in [7, 11) is 3.21. The molecule has 0 bridgehead atoms. The minimum atomic E-state index is -0.826. The highest BCUT2D eigenvalue weighted by Crippen LogP contribution is 2.36. The number of likely N-dealkylation sites (tertiary alicyclic amines) is 1. The first kappa shape index (κ1) is 24.0. The molecule has 2 aromatic rings. The standard InChI is InChI=1S/C25H28ClN3O5/c1-33-21-10-16-3-6-27-20(19(16)13-22(21)34-2)9-18-14-29(8-5-15(18)12-24(30)31)25(32)17-4-7-28-23(26)11-17/h4,7,10-11,13,15,18H,3,5-6,8-9,12,14H2,1-2H3,(H,30,31)/t15-,18-/m0/s1. The lowest BCUT2D eigenvalue weighted by molar-refractivity contribution is -0.138. The normalized spacial score (nSPS) is 19.7. The molecule has 34 heavy (non-hydrogen) atoms. The second-order valence-corrected chi connectivity index (χ2v) is 9.06. The lowest BCUT2D eigenvalue weighted by Gasteiger charge is -2.39. The van der Waals surface area contributed by atoms with Crippen molar-refractivity contribution in [3.05, 3.63) is 52.3 Å². The third-order valence-electron chi connectivity index (χ3n) is 6.65. The van der Waals surface area contributed by atoms with Crippen LogP contribution in [0.5, 0.6) is 11.5 Å². The molecule has 0 unspecified atom stereocenters. The number of halogens is 1. The first-order valence-corrected chi connectivity index (χ1v) is 11.7. The molecule has 8 nitrogen and oxygen atoms in total. The van der Waals surface area contributed by atoms with E-state index in [1.54, 1.807) is 31.3 Å². The van der Waals surface area contributed by atoms with Crippen LogP contribution in [-0.2, 0) is 11.2 Å². The van der Waals surface area contributed by atoms with Crippen LogP contribution in [0.1, 0.15) is 40.7 Å². The number of rotatable bonds is 7. The quantitative estimate of drug-likeness (QED) is 0.599. The molecule has 1 aromatic heterocycles. The molecule has 1 N–H and O–H groups in total. The topological polar surface area (TPSA) is 101 Å². The van der Waals surface area contributed by atoms with Gasteiger partial charge >= 0.3 is 5.97 Å². The van der Waals surface area contributed by atoms with Gasteiger partial charge in [-0.2, -0.15) is 0 Å². The number of pyridine rings is 1. The number of hydrogen-bond donors (Lipinski definition) is 1. The largest absolute Gasteiger partial charge is 0.493 e. The molecule has 2 aliphatic rings. The highest BCUT2D eigenvalue weighted by Gasteiger charge is 2.35. The number of carbonyl (C=O) groups excluding carboxylic acids is 1. The molecule has 4 rings (SSSR count). The molecule has 1 fully saturated rings. The van der Waals surface area contributed by atoms with Gasteiger partial charge in [-0.3, -0.25) is 14.6 Å². The Morgan fingerprint density at radius 2 is 1.94 bits per heavy atom. The molecule has 1 aromatic carbocycles. The number of carbonyl (C=O) groups is 2. The van der Waals surface area contributed by atoms with Crippen LogP contribution >= 0.6 is 11.6 Å². The molecular weight excluding hydrogens is 458 g/mol. The van der Waals surface area contributed by atoms with Gasteiger partial charge in [0.15, 0.2) is 11.5 Å². The van der Waals surface area contributed by atoms with Gasteiger partial charge in [0.25, 0.3) is 5.91 Å². The van der Waals surface area contributed by atoms with Crippen LogP contribution in [0, 0.1) is 11.8 Å². The number of aromatic nitrogens is 1. The van der Waals surface area contributed by atoms with E-state index in [4.69, 9.17) is 26.1 Å². The third kappa shape index (κ3) is 5.17. The average molecular weight is 486 g/mol. The Hall–Kier alpha value is -3.13. The van der Waals surface area contributed by atoms with Gasteiger partial charge in [-0.05, 0) is 60.9 Å². The number of carboxylic acids is 1. The molecule has 2 aliphatic heterocycles. The van der Waals surface area contributed by atoms with E-state index in [-0.39, 0.29) is 29.3 Å². The van der Waals surface area contributed by atoms with Crippen LogP contribution in [0.2, 0.25) is 5.15 Å². The maximum atomic E-state index is 13.1. The molecule has 1 amide bonds. The molecule has 0 aliphatic carbocycles. The van der Waals surface area contributed by atoms with Gasteiger partial charge in [-0.25, -0.2) is 4.98 Å². The van der Waals surface area contributed by atoms with Gasteiger partial charge in [0.05, 0.1) is 14.2 Å². The van der Waals surface area contributed by atoms with Crippen molar-refractivity contribution in [2.45, 2.75) is 25.7 Å². The van der Waals surface area contributed by atoms with Crippen LogP contribution < -0.4 is 9.47 Å². The van der Waals surface area contributed by atoms with Crippen molar-refractivity contribution in [1.82, 2.24) is 9.88 Å². The van der Waals surface area contributed by atoms with E-state index in [2.05, 4.69) is 4.98 Å². The van der Waals surface area contributed by atoms with Crippen LogP contribution in [0.3, 0.4) is 0 Å². The maximum absolute atomic E-state index is 13.1. The summed E-state index contributed by atoms with van der Waals surface area (Å²) in [6.07, 6.45) is 3.59. The van der Waals surface area contributed by atoms with E-state index in [9.17, 15) is 14.7 Å². The summed E-state index contributed by atoms with van der Waals surface area (Å²) in [5.41, 5.74) is 3.53. The second-order valence-electron chi connectivity index (χ2n) is 8.67. The van der Waals surface area contributed by atoms with E-state index < -0.39 is 5.97 Å². The predicted octanol–water partition coefficient (Wildman–Crippen LogP) is 3.74. The van der Waals surface area contributed by atoms with E-state index in [0.717, 1.165) is 23.3 Å². The number of amides is 1. The van der Waals surface area contributed by atoms with Crippen LogP contribution in [0.25, 0.3) is 0 Å². The predicted molar refractivity (Wildman–Crippen MR) is 128 cm³/mol. The number of aliphatic imine (C=N–C) groups is 1. The van der Waals surface area contributed by atoms with Crippen molar-refractivity contribution in [2.75, 3.05) is 33.9 Å². The molecule has 0 spiro atoms. The molecule has 0 radical (unpaired) electrons. The highest BCUT2D eigenvalue weighted by molar-refractivity contribution is 6.29. The molecule has 3 heterocycles. The van der Waals surface area contributed by atoms with E-state index in [0.29, 0.717) is 49.5 Å². The number of benzene rings is 1. The third-order valence-corrected chi connectivity index (χ3v) is 6.86. The highest BCUT2D eigenvalue weighted by atomic mass is 35.5. The number of fused-ring (bicyclic) bond motifs is 1. The molecular formula is C25H28ClN3O5. The van der Waals surface area contributed by atoms with Gasteiger partial charge in [0, 0.05) is 49.1 Å². The van der Waals surface area contributed by atoms with Crippen LogP contribution in [0.4, 0.5) is 0 Å². The zero-order valence-corrected chi connectivity index (χ0v) is 20.0. The van der Waals surface area contributed by atoms with E-state index in [1.807, 2.05) is 12.1 Å². The van der Waals surface area contributed by atoms with Crippen molar-refractivity contribution < 1.29 is 24.2 Å². The Labute approximate surface area is 203 Å². The van der Waals surface area contributed by atoms with E-state index in [1.165, 1.54) is 6.20 Å². The number of methoxy groups -OCH3 is 2. The first-order chi connectivity index (χ1) is 16.4. The van der Waals surface area contributed by atoms with E-state index >= 15 is 0 Å². The zero-order valence-electron chi connectivity index (χ0n) is 19.3. The molecule has 180 valence electrons. The maximum Gasteiger partial charge on any atom is 0.303 e. The van der Waals surface area contributed by atoms with Crippen LogP contribution in [-0.4, -0.2) is 66.4 Å². The van der Waals surface area contributed by atoms with Crippen molar-refractivity contribution in [3.8, 4) is 11.5 Å². The van der Waals surface area contributed by atoms with Gasteiger partial charge in [0.1, 0.15) is 5.15 Å². The fourth-order valence-corrected chi connectivity index (χ4v) is 5.10. The molecule has 1 saturated heterocycles. The summed E-state index contributed by atoms with van der Waals surface area (Å²) in [5, 5.41) is 9.76. The number of nitrogens with zero attached hydrogens (tertiary/aromatic N) is 3. The number of carboxylic acid groups (broad SMARTS) is 1. The summed E-state index contributed by atoms with van der Waals surface area (Å²) in [5.74, 6) is 0.276. The van der Waals surface area contributed by atoms with Crippen molar-refractivity contribution in [3.63, 3.8) is 0 Å². The second kappa shape index (κ2) is 10.4. The molecule has 0 saturated carbocycles. The summed E-state index contributed by atoms with van der Waals surface area (Å²) in [6.45, 7) is 1.62. The SMILES string of the molecule is COc1cc2c(cc1OC)C(C[C@H]1CN(C(=O)c3ccnc(Cl)c3)CC[C@H]1CC(=O)O)=NCC2. The summed E-state index contributed by atoms with van der Waals surface area (Å²) < 4.78 is 10.9. The summed E-state index contributed by atoms with van der Waals surface area (Å²) >= 11 is 5.98. The summed E-state index contributed by atoms with van der Waals surface area (Å²) in [6, 6.07) is 7.14. The number of ether oxygens (including phenoxy) is 2. The van der Waals surface area contributed by atoms with Crippen molar-refractivity contribution in [1.29, 1.82) is 0 Å². The van der Waals surface area contributed by atoms with Crippen LogP contribution in [0.15, 0.2) is 35.5 Å². The Bertz CT molecular complexity index is 1120. The monoisotopic (exact) mass is 485 g/mol. The van der Waals surface area contributed by atoms with Gasteiger partial charge in [0.2, 0.25) is 0 Å². The Balaban J connectivity index is 1.59. The fraction of sp³-hybridized carbons (Fsp3) is 0.440. The van der Waals surface area contributed by atoms with Crippen molar-refractivity contribution in [2.24, 2.45) is 16.8 Å². The minimum Gasteiger partial charge on any atom is -0.493 e. The summed E-state index contributed by atoms with van der Waals surface area (Å²) in [4.78, 5) is 35.2. The number of aliphatic carboxylic acids is 1. The van der Waals surface area contributed by atoms with Gasteiger partial charge in [-0.1, -0.05) is 11.6 Å². The number of hydrogen-bond acceptors (Lipinski definition) is 6. The minimum absolute atomic E-state index is 0.0381. The Kier molecular flexibility index (Phi) is 7.36. The van der Waals surface area contributed by atoms with Gasteiger partial charge in [-0.15, -0.1) is 0 Å². The molecule has 9 heteroatoms. The van der Waals surface area contributed by atoms with Gasteiger partial charge < -0.3 is 19.5 Å². The number of piperidine rings is 1. The fourth-order valence-electron chi connectivity index (χ4n) is 4.92. The first-order valence-electron chi connectivity index (χ1n) is 11.3. The smallest absolute Gasteiger partial charge is 0.303 e. The lowest BCUT2D eigenvalue weighted by atomic mass is 9.78. The Morgan fingerprint density at radius 1 is 1.18 bits per heavy atom.